The third-order valence-corrected chi connectivity index (χ3v) is 6.92. The van der Waals surface area contributed by atoms with Gasteiger partial charge in [0.05, 0.1) is 6.26 Å². The summed E-state index contributed by atoms with van der Waals surface area (Å²) in [6.45, 7) is 4.19. The molecule has 1 aromatic heterocycles. The zero-order chi connectivity index (χ0) is 18.5. The van der Waals surface area contributed by atoms with Crippen molar-refractivity contribution in [2.45, 2.75) is 63.8 Å². The molecule has 3 fully saturated rings. The van der Waals surface area contributed by atoms with E-state index in [1.807, 2.05) is 12.1 Å². The molecule has 3 heterocycles. The topological polar surface area (TPSA) is 36.7 Å². The van der Waals surface area contributed by atoms with Crippen LogP contribution < -0.4 is 0 Å². The van der Waals surface area contributed by atoms with Crippen LogP contribution in [-0.2, 0) is 4.79 Å². The number of nitrogens with zero attached hydrogens (tertiary/aromatic N) is 2. The zero-order valence-corrected chi connectivity index (χ0v) is 16.5. The molecule has 2 atom stereocenters. The first kappa shape index (κ1) is 18.8. The van der Waals surface area contributed by atoms with Gasteiger partial charge in [-0.2, -0.15) is 0 Å². The minimum Gasteiger partial charge on any atom is -0.465 e. The van der Waals surface area contributed by atoms with Crippen molar-refractivity contribution < 1.29 is 9.21 Å². The maximum Gasteiger partial charge on any atom is 0.222 e. The van der Waals surface area contributed by atoms with E-state index < -0.39 is 0 Å². The van der Waals surface area contributed by atoms with Gasteiger partial charge in [0.25, 0.3) is 0 Å². The van der Waals surface area contributed by atoms with Gasteiger partial charge in [0.15, 0.2) is 0 Å². The van der Waals surface area contributed by atoms with Crippen molar-refractivity contribution in [3.8, 4) is 0 Å². The van der Waals surface area contributed by atoms with Gasteiger partial charge < -0.3 is 9.32 Å². The fourth-order valence-corrected chi connectivity index (χ4v) is 5.38. The lowest BCUT2D eigenvalue weighted by atomic mass is 9.82. The van der Waals surface area contributed by atoms with Crippen LogP contribution >= 0.6 is 0 Å². The molecule has 0 aromatic carbocycles. The van der Waals surface area contributed by atoms with Gasteiger partial charge in [-0.3, -0.25) is 9.69 Å². The third kappa shape index (κ3) is 4.84. The van der Waals surface area contributed by atoms with Crippen LogP contribution in [0.5, 0.6) is 0 Å². The van der Waals surface area contributed by atoms with Gasteiger partial charge in [-0.15, -0.1) is 0 Å². The summed E-state index contributed by atoms with van der Waals surface area (Å²) >= 11 is 0. The van der Waals surface area contributed by atoms with Crippen molar-refractivity contribution >= 4 is 12.0 Å². The molecule has 0 spiro atoms. The number of carbonyl (C=O) groups excluding carboxylic acids is 1. The van der Waals surface area contributed by atoms with E-state index in [1.54, 1.807) is 6.26 Å². The molecule has 1 aromatic rings. The summed E-state index contributed by atoms with van der Waals surface area (Å²) in [5, 5.41) is 0. The molecule has 0 unspecified atom stereocenters. The van der Waals surface area contributed by atoms with Crippen molar-refractivity contribution in [2.24, 2.45) is 11.8 Å². The number of amides is 1. The van der Waals surface area contributed by atoms with E-state index in [1.165, 1.54) is 38.5 Å². The van der Waals surface area contributed by atoms with Crippen molar-refractivity contribution in [1.29, 1.82) is 0 Å². The van der Waals surface area contributed by atoms with Crippen LogP contribution in [0.15, 0.2) is 28.9 Å². The van der Waals surface area contributed by atoms with E-state index >= 15 is 0 Å². The van der Waals surface area contributed by atoms with Gasteiger partial charge in [-0.25, -0.2) is 0 Å². The van der Waals surface area contributed by atoms with E-state index in [2.05, 4.69) is 22.0 Å². The molecular formula is C23H34N2O2. The average Bonchev–Trinajstić information content (AvgIpc) is 3.21. The molecule has 4 rings (SSSR count). The van der Waals surface area contributed by atoms with Crippen LogP contribution in [0.4, 0.5) is 0 Å². The Bertz CT molecular complexity index is 618. The second-order valence-corrected chi connectivity index (χ2v) is 8.71. The van der Waals surface area contributed by atoms with Gasteiger partial charge in [-0.05, 0) is 49.3 Å². The van der Waals surface area contributed by atoms with Gasteiger partial charge in [0, 0.05) is 38.6 Å². The Morgan fingerprint density at radius 3 is 2.85 bits per heavy atom. The Labute approximate surface area is 163 Å². The lowest BCUT2D eigenvalue weighted by Gasteiger charge is -2.47. The Kier molecular flexibility index (Phi) is 6.33. The highest BCUT2D eigenvalue weighted by atomic mass is 16.3. The average molecular weight is 371 g/mol. The molecular weight excluding hydrogens is 336 g/mol. The second-order valence-electron chi connectivity index (χ2n) is 8.71. The summed E-state index contributed by atoms with van der Waals surface area (Å²) < 4.78 is 5.36. The molecule has 0 N–H and O–H groups in total. The molecule has 0 radical (unpaired) electrons. The van der Waals surface area contributed by atoms with E-state index in [-0.39, 0.29) is 0 Å². The molecule has 2 aliphatic heterocycles. The SMILES string of the molecule is O=C1CC[C@@H]2CN(C/C=C/c3ccco3)CC[C@@H]2N1CCC1CCCCC1. The number of rotatable bonds is 6. The van der Waals surface area contributed by atoms with Gasteiger partial charge >= 0.3 is 0 Å². The molecule has 2 saturated heterocycles. The largest absolute Gasteiger partial charge is 0.465 e. The van der Waals surface area contributed by atoms with Crippen molar-refractivity contribution in [2.75, 3.05) is 26.2 Å². The molecule has 148 valence electrons. The fourth-order valence-electron chi connectivity index (χ4n) is 5.38. The first-order valence-corrected chi connectivity index (χ1v) is 11.0. The maximum atomic E-state index is 12.6. The van der Waals surface area contributed by atoms with E-state index in [0.29, 0.717) is 17.9 Å². The highest BCUT2D eigenvalue weighted by Crippen LogP contribution is 2.33. The van der Waals surface area contributed by atoms with Gasteiger partial charge in [-0.1, -0.05) is 38.2 Å². The summed E-state index contributed by atoms with van der Waals surface area (Å²) in [5.41, 5.74) is 0. The summed E-state index contributed by atoms with van der Waals surface area (Å²) in [7, 11) is 0. The number of hydrogen-bond donors (Lipinski definition) is 0. The number of hydrogen-bond acceptors (Lipinski definition) is 3. The summed E-state index contributed by atoms with van der Waals surface area (Å²) in [6, 6.07) is 4.39. The van der Waals surface area contributed by atoms with Crippen molar-refractivity contribution in [3.63, 3.8) is 0 Å². The highest BCUT2D eigenvalue weighted by Gasteiger charge is 2.38. The van der Waals surface area contributed by atoms with Crippen LogP contribution in [0, 0.1) is 11.8 Å². The lowest BCUT2D eigenvalue weighted by Crippen LogP contribution is -2.56. The first-order valence-electron chi connectivity index (χ1n) is 11.0. The predicted octanol–water partition coefficient (Wildman–Crippen LogP) is 4.58. The Hall–Kier alpha value is -1.55. The predicted molar refractivity (Wildman–Crippen MR) is 108 cm³/mol. The number of carbonyl (C=O) groups is 1. The lowest BCUT2D eigenvalue weighted by molar-refractivity contribution is -0.141. The monoisotopic (exact) mass is 370 g/mol. The van der Waals surface area contributed by atoms with Crippen LogP contribution in [0.3, 0.4) is 0 Å². The standard InChI is InChI=1S/C23H34N2O2/c26-23-11-10-20-18-24(14-4-8-21-9-5-17-27-21)15-13-22(20)25(23)16-12-19-6-2-1-3-7-19/h4-5,8-9,17,19-20,22H,1-3,6-7,10-16,18H2/b8-4+/t20-,22+/m1/s1. The molecule has 1 amide bonds. The third-order valence-electron chi connectivity index (χ3n) is 6.92. The first-order chi connectivity index (χ1) is 13.3. The number of piperidine rings is 2. The number of fused-ring (bicyclic) bond motifs is 1. The molecule has 1 aliphatic carbocycles. The van der Waals surface area contributed by atoms with Crippen LogP contribution in [0.25, 0.3) is 6.08 Å². The molecule has 1 saturated carbocycles. The fraction of sp³-hybridized carbons (Fsp3) is 0.696. The summed E-state index contributed by atoms with van der Waals surface area (Å²) in [5.74, 6) is 2.85. The highest BCUT2D eigenvalue weighted by molar-refractivity contribution is 5.77. The molecule has 27 heavy (non-hydrogen) atoms. The van der Waals surface area contributed by atoms with Crippen LogP contribution in [0.1, 0.15) is 63.5 Å². The Morgan fingerprint density at radius 1 is 1.15 bits per heavy atom. The van der Waals surface area contributed by atoms with Gasteiger partial charge in [0.2, 0.25) is 5.91 Å². The Morgan fingerprint density at radius 2 is 2.04 bits per heavy atom. The van der Waals surface area contributed by atoms with E-state index in [4.69, 9.17) is 4.42 Å². The molecule has 0 bridgehead atoms. The van der Waals surface area contributed by atoms with Crippen molar-refractivity contribution in [3.05, 3.63) is 30.2 Å². The van der Waals surface area contributed by atoms with Crippen LogP contribution in [0.2, 0.25) is 0 Å². The summed E-state index contributed by atoms with van der Waals surface area (Å²) in [4.78, 5) is 17.4. The smallest absolute Gasteiger partial charge is 0.222 e. The van der Waals surface area contributed by atoms with Crippen LogP contribution in [-0.4, -0.2) is 47.9 Å². The van der Waals surface area contributed by atoms with Crippen molar-refractivity contribution in [1.82, 2.24) is 9.80 Å². The molecule has 4 heteroatoms. The quantitative estimate of drug-likeness (QED) is 0.736. The second kappa shape index (κ2) is 9.09. The van der Waals surface area contributed by atoms with Gasteiger partial charge in [0.1, 0.15) is 5.76 Å². The normalized spacial score (nSPS) is 28.0. The molecule has 4 nitrogen and oxygen atoms in total. The van der Waals surface area contributed by atoms with E-state index in [9.17, 15) is 4.79 Å². The minimum absolute atomic E-state index is 0.415. The minimum atomic E-state index is 0.415. The van der Waals surface area contributed by atoms with E-state index in [0.717, 1.165) is 57.1 Å². The maximum absolute atomic E-state index is 12.6. The molecule has 3 aliphatic rings. The number of likely N-dealkylation sites (tertiary alicyclic amines) is 2. The zero-order valence-electron chi connectivity index (χ0n) is 16.5. The Balaban J connectivity index is 1.28. The number of furan rings is 1. The summed E-state index contributed by atoms with van der Waals surface area (Å²) in [6.07, 6.45) is 17.1.